The maximum atomic E-state index is 12.5. The molecule has 2 aliphatic rings. The maximum Gasteiger partial charge on any atom is 0.239 e. The van der Waals surface area contributed by atoms with Crippen molar-refractivity contribution in [2.24, 2.45) is 0 Å². The van der Waals surface area contributed by atoms with E-state index in [1.54, 1.807) is 11.8 Å². The van der Waals surface area contributed by atoms with Crippen molar-refractivity contribution in [3.05, 3.63) is 24.3 Å². The smallest absolute Gasteiger partial charge is 0.239 e. The van der Waals surface area contributed by atoms with Crippen LogP contribution in [0.1, 0.15) is 33.6 Å². The second kappa shape index (κ2) is 7.95. The van der Waals surface area contributed by atoms with Gasteiger partial charge in [0.2, 0.25) is 5.91 Å². The molecule has 4 rings (SSSR count). The Morgan fingerprint density at radius 1 is 1.14 bits per heavy atom. The van der Waals surface area contributed by atoms with Gasteiger partial charge in [-0.25, -0.2) is 0 Å². The molecule has 28 heavy (non-hydrogen) atoms. The van der Waals surface area contributed by atoms with Crippen molar-refractivity contribution in [3.63, 3.8) is 0 Å². The lowest BCUT2D eigenvalue weighted by Crippen LogP contribution is -2.47. The number of rotatable bonds is 6. The van der Waals surface area contributed by atoms with Crippen LogP contribution >= 0.6 is 11.8 Å². The molecule has 6 nitrogen and oxygen atoms in total. The predicted molar refractivity (Wildman–Crippen MR) is 117 cm³/mol. The summed E-state index contributed by atoms with van der Waals surface area (Å²) in [4.78, 5) is 19.4. The fraction of sp³-hybridized carbons (Fsp3) is 0.619. The number of nitrogens with one attached hydrogen (secondary N) is 1. The first kappa shape index (κ1) is 19.6. The molecule has 0 saturated carbocycles. The van der Waals surface area contributed by atoms with E-state index in [0.717, 1.165) is 63.4 Å². The summed E-state index contributed by atoms with van der Waals surface area (Å²) >= 11 is 1.78. The van der Waals surface area contributed by atoms with Gasteiger partial charge in [-0.1, -0.05) is 12.1 Å². The van der Waals surface area contributed by atoms with Crippen molar-refractivity contribution in [2.75, 3.05) is 44.2 Å². The monoisotopic (exact) mass is 401 g/mol. The molecule has 2 fully saturated rings. The Balaban J connectivity index is 1.21. The van der Waals surface area contributed by atoms with Gasteiger partial charge in [0, 0.05) is 38.1 Å². The number of anilines is 1. The van der Waals surface area contributed by atoms with Crippen molar-refractivity contribution in [3.8, 4) is 0 Å². The number of aromatic amines is 1. The van der Waals surface area contributed by atoms with Gasteiger partial charge in [0.25, 0.3) is 0 Å². The summed E-state index contributed by atoms with van der Waals surface area (Å²) in [7, 11) is 0. The first-order chi connectivity index (χ1) is 13.5. The van der Waals surface area contributed by atoms with E-state index in [0.29, 0.717) is 11.3 Å². The molecule has 1 aromatic carbocycles. The minimum atomic E-state index is -0.258. The highest BCUT2D eigenvalue weighted by atomic mass is 32.2. The largest absolute Gasteiger partial charge is 0.352 e. The number of fused-ring (bicyclic) bond motifs is 1. The van der Waals surface area contributed by atoms with Crippen LogP contribution in [0.25, 0.3) is 10.9 Å². The predicted octanol–water partition coefficient (Wildman–Crippen LogP) is 3.17. The van der Waals surface area contributed by atoms with E-state index in [9.17, 15) is 4.79 Å². The van der Waals surface area contributed by atoms with Crippen LogP contribution < -0.4 is 4.90 Å². The van der Waals surface area contributed by atoms with E-state index < -0.39 is 0 Å². The number of hydrogen-bond donors (Lipinski definition) is 1. The Morgan fingerprint density at radius 2 is 1.86 bits per heavy atom. The summed E-state index contributed by atoms with van der Waals surface area (Å²) in [5.74, 6) is 1.38. The zero-order chi connectivity index (χ0) is 19.7. The van der Waals surface area contributed by atoms with Gasteiger partial charge in [0.05, 0.1) is 15.6 Å². The van der Waals surface area contributed by atoms with Crippen LogP contribution in [0.5, 0.6) is 0 Å². The number of para-hydroxylation sites is 1. The van der Waals surface area contributed by atoms with Crippen LogP contribution in [-0.4, -0.2) is 75.3 Å². The lowest BCUT2D eigenvalue weighted by atomic mass is 10.1. The first-order valence-electron chi connectivity index (χ1n) is 10.3. The van der Waals surface area contributed by atoms with Gasteiger partial charge < -0.3 is 9.80 Å². The zero-order valence-corrected chi connectivity index (χ0v) is 18.0. The average Bonchev–Trinajstić information content (AvgIpc) is 3.19. The third kappa shape index (κ3) is 3.87. The molecule has 152 valence electrons. The number of H-pyrrole nitrogens is 1. The van der Waals surface area contributed by atoms with Gasteiger partial charge in [-0.2, -0.15) is 5.10 Å². The van der Waals surface area contributed by atoms with Crippen molar-refractivity contribution < 1.29 is 4.79 Å². The van der Waals surface area contributed by atoms with Gasteiger partial charge in [0.1, 0.15) is 0 Å². The van der Waals surface area contributed by atoms with E-state index >= 15 is 0 Å². The molecule has 1 unspecified atom stereocenters. The molecular weight excluding hydrogens is 370 g/mol. The average molecular weight is 402 g/mol. The Hall–Kier alpha value is -1.73. The quantitative estimate of drug-likeness (QED) is 0.754. The molecule has 1 amide bonds. The number of carbonyl (C=O) groups is 1. The minimum Gasteiger partial charge on any atom is -0.352 e. The Kier molecular flexibility index (Phi) is 5.56. The van der Waals surface area contributed by atoms with Gasteiger partial charge in [-0.15, -0.1) is 11.8 Å². The maximum absolute atomic E-state index is 12.5. The van der Waals surface area contributed by atoms with Crippen LogP contribution in [0.3, 0.4) is 0 Å². The Bertz CT molecular complexity index is 827. The van der Waals surface area contributed by atoms with Crippen molar-refractivity contribution in [2.45, 2.75) is 43.7 Å². The lowest BCUT2D eigenvalue weighted by molar-refractivity contribution is -0.131. The highest BCUT2D eigenvalue weighted by Crippen LogP contribution is 2.39. The number of carbonyl (C=O) groups excluding carboxylic acids is 1. The fourth-order valence-electron chi connectivity index (χ4n) is 4.33. The number of amides is 1. The molecule has 2 aromatic rings. The van der Waals surface area contributed by atoms with E-state index in [1.165, 1.54) is 5.39 Å². The van der Waals surface area contributed by atoms with Crippen molar-refractivity contribution in [1.82, 2.24) is 20.0 Å². The molecule has 3 heterocycles. The Labute approximate surface area is 171 Å². The molecule has 0 radical (unpaired) electrons. The zero-order valence-electron chi connectivity index (χ0n) is 17.1. The molecule has 0 bridgehead atoms. The van der Waals surface area contributed by atoms with E-state index in [4.69, 9.17) is 0 Å². The SMILES string of the molecule is CC1SC(C)(C)C(=O)N1CCCCN1CCN(c2n[nH]c3ccccc23)CC1. The first-order valence-corrected chi connectivity index (χ1v) is 11.2. The summed E-state index contributed by atoms with van der Waals surface area (Å²) in [5, 5.41) is 9.18. The highest BCUT2D eigenvalue weighted by molar-refractivity contribution is 8.02. The van der Waals surface area contributed by atoms with Crippen molar-refractivity contribution in [1.29, 1.82) is 0 Å². The molecule has 7 heteroatoms. The highest BCUT2D eigenvalue weighted by Gasteiger charge is 2.43. The van der Waals surface area contributed by atoms with Gasteiger partial charge in [-0.05, 0) is 52.3 Å². The summed E-state index contributed by atoms with van der Waals surface area (Å²) in [6, 6.07) is 8.33. The van der Waals surface area contributed by atoms with E-state index in [1.807, 2.05) is 19.9 Å². The summed E-state index contributed by atoms with van der Waals surface area (Å²) < 4.78 is -0.258. The molecule has 2 aliphatic heterocycles. The summed E-state index contributed by atoms with van der Waals surface area (Å²) in [5.41, 5.74) is 1.10. The number of unbranched alkanes of at least 4 members (excludes halogenated alkanes) is 1. The summed E-state index contributed by atoms with van der Waals surface area (Å²) in [6.07, 6.45) is 2.23. The second-order valence-electron chi connectivity index (χ2n) is 8.35. The lowest BCUT2D eigenvalue weighted by Gasteiger charge is -2.35. The number of hydrogen-bond acceptors (Lipinski definition) is 5. The third-order valence-corrected chi connectivity index (χ3v) is 7.28. The van der Waals surface area contributed by atoms with Crippen LogP contribution in [0, 0.1) is 0 Å². The molecular formula is C21H31N5OS. The number of thioether (sulfide) groups is 1. The number of nitrogens with zero attached hydrogens (tertiary/aromatic N) is 4. The van der Waals surface area contributed by atoms with E-state index in [-0.39, 0.29) is 4.75 Å². The molecule has 0 spiro atoms. The van der Waals surface area contributed by atoms with Crippen LogP contribution in [-0.2, 0) is 4.79 Å². The fourth-order valence-corrected chi connectivity index (χ4v) is 5.72. The summed E-state index contributed by atoms with van der Waals surface area (Å²) in [6.45, 7) is 12.4. The second-order valence-corrected chi connectivity index (χ2v) is 10.3. The normalized spacial score (nSPS) is 23.1. The molecule has 2 saturated heterocycles. The van der Waals surface area contributed by atoms with Crippen molar-refractivity contribution >= 4 is 34.4 Å². The van der Waals surface area contributed by atoms with Gasteiger partial charge in [-0.3, -0.25) is 14.8 Å². The third-order valence-electron chi connectivity index (χ3n) is 5.93. The number of aromatic nitrogens is 2. The Morgan fingerprint density at radius 3 is 2.57 bits per heavy atom. The number of benzene rings is 1. The molecule has 1 aromatic heterocycles. The molecule has 1 N–H and O–H groups in total. The molecule has 1 atom stereocenters. The standard InChI is InChI=1S/C21H31N5OS/c1-16-26(20(27)21(2,3)28-16)11-7-6-10-24-12-14-25(15-13-24)19-17-8-4-5-9-18(17)22-23-19/h4-5,8-9,16H,6-7,10-15H2,1-3H3,(H,22,23). The number of piperazine rings is 1. The minimum absolute atomic E-state index is 0.258. The van der Waals surface area contributed by atoms with Crippen LogP contribution in [0.2, 0.25) is 0 Å². The van der Waals surface area contributed by atoms with Crippen LogP contribution in [0.4, 0.5) is 5.82 Å². The topological polar surface area (TPSA) is 55.5 Å². The molecule has 0 aliphatic carbocycles. The van der Waals surface area contributed by atoms with Crippen LogP contribution in [0.15, 0.2) is 24.3 Å². The van der Waals surface area contributed by atoms with Gasteiger partial charge >= 0.3 is 0 Å². The van der Waals surface area contributed by atoms with Gasteiger partial charge in [0.15, 0.2) is 5.82 Å². The van der Waals surface area contributed by atoms with E-state index in [2.05, 4.69) is 50.0 Å².